The molecule has 2 aliphatic carbocycles. The van der Waals surface area contributed by atoms with Crippen LogP contribution in [0.1, 0.15) is 53.7 Å². The first-order valence-electron chi connectivity index (χ1n) is 10.5. The quantitative estimate of drug-likeness (QED) is 0.599. The molecule has 0 bridgehead atoms. The van der Waals surface area contributed by atoms with Crippen molar-refractivity contribution in [2.75, 3.05) is 19.7 Å². The summed E-state index contributed by atoms with van der Waals surface area (Å²) >= 11 is 3.57. The standard InChI is InChI=1S/C25H26BrNO2.ClH/c1-25(2)21-13-18(29-14-15-7-9-27-10-8-15)4-6-20(21)24(28)23-19-5-3-17(26)11-16(19)12-22(23)25;/h3-6,11,13,15,27H,7-10,12,14H2,1-2H3;1H. The monoisotopic (exact) mass is 487 g/mol. The van der Waals surface area contributed by atoms with Crippen molar-refractivity contribution in [1.29, 1.82) is 0 Å². The molecule has 0 aromatic heterocycles. The zero-order valence-electron chi connectivity index (χ0n) is 17.4. The molecule has 158 valence electrons. The van der Waals surface area contributed by atoms with Gasteiger partial charge in [0.25, 0.3) is 0 Å². The van der Waals surface area contributed by atoms with Crippen LogP contribution in [0.2, 0.25) is 0 Å². The van der Waals surface area contributed by atoms with E-state index in [1.54, 1.807) is 0 Å². The zero-order chi connectivity index (χ0) is 20.2. The highest BCUT2D eigenvalue weighted by Gasteiger charge is 2.42. The van der Waals surface area contributed by atoms with Gasteiger partial charge < -0.3 is 10.1 Å². The Balaban J connectivity index is 0.00000218. The molecule has 1 N–H and O–H groups in total. The maximum absolute atomic E-state index is 13.4. The van der Waals surface area contributed by atoms with Gasteiger partial charge in [-0.05, 0) is 90.9 Å². The van der Waals surface area contributed by atoms with E-state index in [4.69, 9.17) is 4.74 Å². The van der Waals surface area contributed by atoms with Crippen molar-refractivity contribution >= 4 is 39.7 Å². The summed E-state index contributed by atoms with van der Waals surface area (Å²) in [6, 6.07) is 12.3. The lowest BCUT2D eigenvalue weighted by Crippen LogP contribution is -2.31. The van der Waals surface area contributed by atoms with Gasteiger partial charge in [-0.15, -0.1) is 12.4 Å². The second kappa shape index (κ2) is 8.14. The van der Waals surface area contributed by atoms with Crippen molar-refractivity contribution in [3.8, 4) is 5.75 Å². The first kappa shape index (κ1) is 21.6. The van der Waals surface area contributed by atoms with Gasteiger partial charge in [0.05, 0.1) is 6.61 Å². The molecular formula is C25H27BrClNO2. The van der Waals surface area contributed by atoms with Crippen molar-refractivity contribution in [2.45, 2.75) is 38.5 Å². The van der Waals surface area contributed by atoms with E-state index in [1.165, 1.54) is 24.0 Å². The summed E-state index contributed by atoms with van der Waals surface area (Å²) < 4.78 is 7.23. The Bertz CT molecular complexity index is 1040. The van der Waals surface area contributed by atoms with Crippen LogP contribution in [0.5, 0.6) is 5.75 Å². The fourth-order valence-corrected chi connectivity index (χ4v) is 5.48. The number of halogens is 2. The number of ketones is 1. The van der Waals surface area contributed by atoms with Gasteiger partial charge in [0.15, 0.2) is 5.78 Å². The highest BCUT2D eigenvalue weighted by atomic mass is 79.9. The average molecular weight is 489 g/mol. The van der Waals surface area contributed by atoms with Gasteiger partial charge in [-0.1, -0.05) is 35.8 Å². The highest BCUT2D eigenvalue weighted by Crippen LogP contribution is 2.50. The number of hydrogen-bond donors (Lipinski definition) is 1. The number of Topliss-reactive ketones (excluding diaryl/α,β-unsaturated/α-hetero) is 1. The first-order chi connectivity index (χ1) is 13.9. The first-order valence-corrected chi connectivity index (χ1v) is 11.3. The number of carbonyl (C=O) groups is 1. The van der Waals surface area contributed by atoms with Gasteiger partial charge in [-0.3, -0.25) is 4.79 Å². The molecule has 5 heteroatoms. The SMILES string of the molecule is CC1(C)C2=C(C(=O)c3ccc(OCC4CCNCC4)cc31)c1ccc(Br)cc1C2.Cl. The minimum Gasteiger partial charge on any atom is -0.493 e. The summed E-state index contributed by atoms with van der Waals surface area (Å²) in [6.07, 6.45) is 3.17. The molecule has 1 heterocycles. The Morgan fingerprint density at radius 2 is 1.83 bits per heavy atom. The fourth-order valence-electron chi connectivity index (χ4n) is 5.07. The van der Waals surface area contributed by atoms with Gasteiger partial charge in [0, 0.05) is 21.0 Å². The summed E-state index contributed by atoms with van der Waals surface area (Å²) in [4.78, 5) is 13.4. The van der Waals surface area contributed by atoms with E-state index in [2.05, 4.69) is 53.3 Å². The third-order valence-electron chi connectivity index (χ3n) is 6.84. The Morgan fingerprint density at radius 3 is 2.60 bits per heavy atom. The van der Waals surface area contributed by atoms with Crippen molar-refractivity contribution in [1.82, 2.24) is 5.32 Å². The van der Waals surface area contributed by atoms with Gasteiger partial charge in [0.2, 0.25) is 0 Å². The Labute approximate surface area is 192 Å². The van der Waals surface area contributed by atoms with Crippen LogP contribution in [0.3, 0.4) is 0 Å². The van der Waals surface area contributed by atoms with Gasteiger partial charge >= 0.3 is 0 Å². The fraction of sp³-hybridized carbons (Fsp3) is 0.400. The van der Waals surface area contributed by atoms with Crippen LogP contribution < -0.4 is 10.1 Å². The number of piperidine rings is 1. The Kier molecular flexibility index (Phi) is 5.86. The summed E-state index contributed by atoms with van der Waals surface area (Å²) in [5, 5.41) is 3.40. The second-order valence-corrected chi connectivity index (χ2v) is 9.91. The van der Waals surface area contributed by atoms with Crippen LogP contribution in [-0.4, -0.2) is 25.5 Å². The number of benzene rings is 2. The number of carbonyl (C=O) groups excluding carboxylic acids is 1. The lowest BCUT2D eigenvalue weighted by atomic mass is 9.68. The zero-order valence-corrected chi connectivity index (χ0v) is 19.8. The Morgan fingerprint density at radius 1 is 1.10 bits per heavy atom. The molecule has 0 unspecified atom stereocenters. The van der Waals surface area contributed by atoms with Crippen molar-refractivity contribution in [2.24, 2.45) is 5.92 Å². The normalized spacial score (nSPS) is 19.6. The molecule has 1 aliphatic heterocycles. The molecule has 0 amide bonds. The molecule has 1 saturated heterocycles. The largest absolute Gasteiger partial charge is 0.493 e. The molecule has 0 atom stereocenters. The third kappa shape index (κ3) is 3.53. The van der Waals surface area contributed by atoms with E-state index in [-0.39, 0.29) is 23.6 Å². The molecule has 2 aromatic rings. The van der Waals surface area contributed by atoms with E-state index in [1.807, 2.05) is 18.2 Å². The Hall–Kier alpha value is -1.62. The highest BCUT2D eigenvalue weighted by molar-refractivity contribution is 9.10. The lowest BCUT2D eigenvalue weighted by molar-refractivity contribution is 0.105. The molecule has 3 nitrogen and oxygen atoms in total. The van der Waals surface area contributed by atoms with E-state index in [9.17, 15) is 4.79 Å². The van der Waals surface area contributed by atoms with Crippen LogP contribution >= 0.6 is 28.3 Å². The number of hydrogen-bond acceptors (Lipinski definition) is 3. The molecule has 30 heavy (non-hydrogen) atoms. The van der Waals surface area contributed by atoms with Crippen LogP contribution in [-0.2, 0) is 11.8 Å². The summed E-state index contributed by atoms with van der Waals surface area (Å²) in [7, 11) is 0. The maximum Gasteiger partial charge on any atom is 0.193 e. The average Bonchev–Trinajstić information content (AvgIpc) is 3.11. The van der Waals surface area contributed by atoms with Gasteiger partial charge in [-0.25, -0.2) is 0 Å². The molecule has 0 spiro atoms. The van der Waals surface area contributed by atoms with E-state index >= 15 is 0 Å². The summed E-state index contributed by atoms with van der Waals surface area (Å²) in [5.74, 6) is 1.64. The predicted octanol–water partition coefficient (Wildman–Crippen LogP) is 5.73. The van der Waals surface area contributed by atoms with Crippen molar-refractivity contribution in [3.63, 3.8) is 0 Å². The van der Waals surface area contributed by atoms with Crippen molar-refractivity contribution in [3.05, 3.63) is 68.7 Å². The van der Waals surface area contributed by atoms with E-state index < -0.39 is 0 Å². The number of rotatable bonds is 3. The van der Waals surface area contributed by atoms with Gasteiger partial charge in [0.1, 0.15) is 5.75 Å². The van der Waals surface area contributed by atoms with E-state index in [0.717, 1.165) is 58.6 Å². The van der Waals surface area contributed by atoms with Gasteiger partial charge in [-0.2, -0.15) is 0 Å². The molecular weight excluding hydrogens is 462 g/mol. The number of fused-ring (bicyclic) bond motifs is 3. The maximum atomic E-state index is 13.4. The van der Waals surface area contributed by atoms with Crippen LogP contribution in [0.25, 0.3) is 5.57 Å². The molecule has 0 saturated carbocycles. The van der Waals surface area contributed by atoms with Crippen molar-refractivity contribution < 1.29 is 9.53 Å². The molecule has 5 rings (SSSR count). The molecule has 1 fully saturated rings. The molecule has 0 radical (unpaired) electrons. The predicted molar refractivity (Wildman–Crippen MR) is 127 cm³/mol. The summed E-state index contributed by atoms with van der Waals surface area (Å²) in [5.41, 5.74) is 6.19. The smallest absolute Gasteiger partial charge is 0.193 e. The summed E-state index contributed by atoms with van der Waals surface area (Å²) in [6.45, 7) is 7.39. The third-order valence-corrected chi connectivity index (χ3v) is 7.33. The number of allylic oxidation sites excluding steroid dienone is 2. The topological polar surface area (TPSA) is 38.3 Å². The second-order valence-electron chi connectivity index (χ2n) is 9.00. The lowest BCUT2D eigenvalue weighted by Gasteiger charge is -2.34. The van der Waals surface area contributed by atoms with E-state index in [0.29, 0.717) is 5.92 Å². The molecule has 3 aliphatic rings. The molecule has 2 aromatic carbocycles. The minimum atomic E-state index is -0.196. The van der Waals surface area contributed by atoms with Crippen LogP contribution in [0, 0.1) is 5.92 Å². The minimum absolute atomic E-state index is 0. The number of nitrogens with one attached hydrogen (secondary N) is 1. The van der Waals surface area contributed by atoms with Crippen LogP contribution in [0.4, 0.5) is 0 Å². The number of ether oxygens (including phenoxy) is 1. The van der Waals surface area contributed by atoms with Crippen LogP contribution in [0.15, 0.2) is 46.4 Å².